The van der Waals surface area contributed by atoms with E-state index in [0.29, 0.717) is 13.0 Å². The van der Waals surface area contributed by atoms with E-state index in [1.54, 1.807) is 11.8 Å². The van der Waals surface area contributed by atoms with Gasteiger partial charge in [-0.1, -0.05) is 19.1 Å². The molecule has 5 heteroatoms. The Labute approximate surface area is 159 Å². The minimum absolute atomic E-state index is 0.120. The number of hydrogen-bond acceptors (Lipinski definition) is 5. The van der Waals surface area contributed by atoms with E-state index in [1.807, 2.05) is 44.4 Å². The summed E-state index contributed by atoms with van der Waals surface area (Å²) in [5.41, 5.74) is 3.31. The molecule has 0 radical (unpaired) electrons. The number of benzene rings is 1. The van der Waals surface area contributed by atoms with Gasteiger partial charge < -0.3 is 4.74 Å². The third-order valence-electron chi connectivity index (χ3n) is 5.01. The van der Waals surface area contributed by atoms with Gasteiger partial charge in [0.15, 0.2) is 5.78 Å². The highest BCUT2D eigenvalue weighted by Crippen LogP contribution is 2.43. The summed E-state index contributed by atoms with van der Waals surface area (Å²) in [4.78, 5) is 31.4. The fourth-order valence-corrected chi connectivity index (χ4v) is 4.18. The molecule has 1 aromatic rings. The van der Waals surface area contributed by atoms with Crippen molar-refractivity contribution in [2.45, 2.75) is 50.3 Å². The maximum atomic E-state index is 12.8. The van der Waals surface area contributed by atoms with Crippen LogP contribution in [-0.2, 0) is 14.3 Å². The Morgan fingerprint density at radius 1 is 1.27 bits per heavy atom. The van der Waals surface area contributed by atoms with Gasteiger partial charge in [0.05, 0.1) is 6.61 Å². The number of esters is 1. The van der Waals surface area contributed by atoms with Gasteiger partial charge >= 0.3 is 5.97 Å². The van der Waals surface area contributed by atoms with Crippen LogP contribution < -0.4 is 0 Å². The van der Waals surface area contributed by atoms with E-state index in [9.17, 15) is 9.59 Å². The molecular weight excluding hydrogens is 346 g/mol. The lowest BCUT2D eigenvalue weighted by Gasteiger charge is -2.34. The molecule has 0 saturated heterocycles. The van der Waals surface area contributed by atoms with Crippen LogP contribution in [0.15, 0.2) is 45.4 Å². The summed E-state index contributed by atoms with van der Waals surface area (Å²) >= 11 is 1.67. The van der Waals surface area contributed by atoms with E-state index in [4.69, 9.17) is 4.74 Å². The zero-order valence-electron chi connectivity index (χ0n) is 15.6. The third kappa shape index (κ3) is 3.63. The minimum Gasteiger partial charge on any atom is -0.465 e. The van der Waals surface area contributed by atoms with Gasteiger partial charge in [-0.15, -0.1) is 11.8 Å². The quantitative estimate of drug-likeness (QED) is 0.563. The number of hydrogen-bond donors (Lipinski definition) is 0. The Balaban J connectivity index is 2.07. The summed E-state index contributed by atoms with van der Waals surface area (Å²) in [5.74, 6) is -0.982. The van der Waals surface area contributed by atoms with Crippen molar-refractivity contribution >= 4 is 29.2 Å². The van der Waals surface area contributed by atoms with Gasteiger partial charge in [0, 0.05) is 34.2 Å². The van der Waals surface area contributed by atoms with Crippen molar-refractivity contribution in [3.8, 4) is 0 Å². The second-order valence-electron chi connectivity index (χ2n) is 6.79. The van der Waals surface area contributed by atoms with E-state index in [0.717, 1.165) is 46.7 Å². The zero-order valence-corrected chi connectivity index (χ0v) is 16.4. The zero-order chi connectivity index (χ0) is 18.7. The van der Waals surface area contributed by atoms with E-state index >= 15 is 0 Å². The summed E-state index contributed by atoms with van der Waals surface area (Å²) in [5, 5.41) is 0. The molecule has 0 fully saturated rings. The number of nitrogens with zero attached hydrogens (tertiary/aromatic N) is 1. The summed E-state index contributed by atoms with van der Waals surface area (Å²) < 4.78 is 5.45. The number of ether oxygens (including phenoxy) is 1. The molecule has 1 aromatic carbocycles. The molecule has 4 nitrogen and oxygen atoms in total. The van der Waals surface area contributed by atoms with Crippen molar-refractivity contribution in [2.24, 2.45) is 10.9 Å². The van der Waals surface area contributed by atoms with Gasteiger partial charge in [0.25, 0.3) is 0 Å². The lowest BCUT2D eigenvalue weighted by molar-refractivity contribution is -0.146. The molecule has 0 aromatic heterocycles. The first-order valence-corrected chi connectivity index (χ1v) is 10.4. The molecule has 0 bridgehead atoms. The summed E-state index contributed by atoms with van der Waals surface area (Å²) in [6, 6.07) is 8.15. The van der Waals surface area contributed by atoms with Crippen molar-refractivity contribution in [1.29, 1.82) is 0 Å². The van der Waals surface area contributed by atoms with E-state index < -0.39 is 5.92 Å². The molecule has 2 atom stereocenters. The topological polar surface area (TPSA) is 55.7 Å². The fourth-order valence-electron chi connectivity index (χ4n) is 3.78. The molecule has 0 spiro atoms. The normalized spacial score (nSPS) is 22.7. The molecule has 0 amide bonds. The van der Waals surface area contributed by atoms with Gasteiger partial charge in [-0.3, -0.25) is 14.6 Å². The first-order chi connectivity index (χ1) is 12.6. The Kier molecular flexibility index (Phi) is 5.97. The molecule has 1 unspecified atom stereocenters. The molecule has 2 aliphatic rings. The van der Waals surface area contributed by atoms with Crippen LogP contribution in [0.3, 0.4) is 0 Å². The smallest absolute Gasteiger partial charge is 0.315 e. The van der Waals surface area contributed by atoms with E-state index in [2.05, 4.69) is 4.99 Å². The lowest BCUT2D eigenvalue weighted by atomic mass is 9.72. The molecular formula is C21H25NO3S. The minimum atomic E-state index is -0.525. The van der Waals surface area contributed by atoms with E-state index in [1.165, 1.54) is 0 Å². The molecule has 1 aliphatic carbocycles. The maximum absolute atomic E-state index is 12.8. The van der Waals surface area contributed by atoms with Crippen molar-refractivity contribution in [3.63, 3.8) is 0 Å². The van der Waals surface area contributed by atoms with Crippen molar-refractivity contribution in [2.75, 3.05) is 12.9 Å². The first kappa shape index (κ1) is 18.9. The average Bonchev–Trinajstić information content (AvgIpc) is 2.65. The molecule has 0 saturated carbocycles. The number of Topliss-reactive ketones (excluding diaryl/α,β-unsaturated/α-hetero) is 1. The number of carbonyl (C=O) groups is 2. The van der Waals surface area contributed by atoms with Gasteiger partial charge in [-0.05, 0) is 50.1 Å². The van der Waals surface area contributed by atoms with Crippen LogP contribution in [0.5, 0.6) is 0 Å². The van der Waals surface area contributed by atoms with Crippen molar-refractivity contribution < 1.29 is 14.3 Å². The predicted octanol–water partition coefficient (Wildman–Crippen LogP) is 4.54. The van der Waals surface area contributed by atoms with Crippen LogP contribution in [0.2, 0.25) is 0 Å². The molecule has 1 heterocycles. The van der Waals surface area contributed by atoms with Crippen LogP contribution in [0.25, 0.3) is 0 Å². The number of ketones is 1. The second kappa shape index (κ2) is 8.21. The van der Waals surface area contributed by atoms with Gasteiger partial charge in [-0.2, -0.15) is 0 Å². The SMILES string of the molecule is CCCOC(=O)C1C(C)=NC2=C(C(=O)CCC2)[C@@H]1c1ccc(SC)cc1. The molecule has 0 N–H and O–H groups in total. The maximum Gasteiger partial charge on any atom is 0.315 e. The monoisotopic (exact) mass is 371 g/mol. The van der Waals surface area contributed by atoms with Crippen LogP contribution in [0.4, 0.5) is 0 Å². The number of rotatable bonds is 5. The second-order valence-corrected chi connectivity index (χ2v) is 7.67. The summed E-state index contributed by atoms with van der Waals surface area (Å²) in [6.07, 6.45) is 4.97. The highest BCUT2D eigenvalue weighted by atomic mass is 32.2. The highest BCUT2D eigenvalue weighted by Gasteiger charge is 2.43. The Hall–Kier alpha value is -1.88. The third-order valence-corrected chi connectivity index (χ3v) is 5.76. The number of aliphatic imine (C=N–C) groups is 1. The van der Waals surface area contributed by atoms with Gasteiger partial charge in [0.2, 0.25) is 0 Å². The lowest BCUT2D eigenvalue weighted by Crippen LogP contribution is -2.37. The largest absolute Gasteiger partial charge is 0.465 e. The Morgan fingerprint density at radius 2 is 2.00 bits per heavy atom. The number of allylic oxidation sites excluding steroid dienone is 2. The highest BCUT2D eigenvalue weighted by molar-refractivity contribution is 7.98. The first-order valence-electron chi connectivity index (χ1n) is 9.18. The van der Waals surface area contributed by atoms with Gasteiger partial charge in [0.1, 0.15) is 5.92 Å². The fraction of sp³-hybridized carbons (Fsp3) is 0.476. The van der Waals surface area contributed by atoms with Crippen molar-refractivity contribution in [1.82, 2.24) is 0 Å². The van der Waals surface area contributed by atoms with Crippen LogP contribution in [-0.4, -0.2) is 30.3 Å². The Morgan fingerprint density at radius 3 is 2.65 bits per heavy atom. The van der Waals surface area contributed by atoms with E-state index in [-0.39, 0.29) is 17.7 Å². The van der Waals surface area contributed by atoms with Crippen LogP contribution in [0, 0.1) is 5.92 Å². The van der Waals surface area contributed by atoms with Crippen LogP contribution >= 0.6 is 11.8 Å². The van der Waals surface area contributed by atoms with Crippen LogP contribution in [0.1, 0.15) is 51.0 Å². The summed E-state index contributed by atoms with van der Waals surface area (Å²) in [7, 11) is 0. The molecule has 3 rings (SSSR count). The number of thioether (sulfide) groups is 1. The summed E-state index contributed by atoms with van der Waals surface area (Å²) in [6.45, 7) is 4.24. The molecule has 1 aliphatic heterocycles. The number of carbonyl (C=O) groups excluding carboxylic acids is 2. The predicted molar refractivity (Wildman–Crippen MR) is 105 cm³/mol. The standard InChI is InChI=1S/C21H25NO3S/c1-4-12-25-21(24)18-13(2)22-16-6-5-7-17(23)20(16)19(18)14-8-10-15(26-3)11-9-14/h8-11,18-19H,4-7,12H2,1-3H3/t18?,19-/m1/s1. The Bertz CT molecular complexity index is 764. The van der Waals surface area contributed by atoms with Crippen molar-refractivity contribution in [3.05, 3.63) is 41.1 Å². The molecule has 138 valence electrons. The molecule has 26 heavy (non-hydrogen) atoms. The van der Waals surface area contributed by atoms with Gasteiger partial charge in [-0.25, -0.2) is 0 Å². The average molecular weight is 372 g/mol.